The van der Waals surface area contributed by atoms with Crippen molar-refractivity contribution in [2.75, 3.05) is 0 Å². The third-order valence-electron chi connectivity index (χ3n) is 3.61. The van der Waals surface area contributed by atoms with Crippen molar-refractivity contribution in [2.24, 2.45) is 0 Å². The summed E-state index contributed by atoms with van der Waals surface area (Å²) in [5.41, 5.74) is 1.66. The summed E-state index contributed by atoms with van der Waals surface area (Å²) in [4.78, 5) is 0. The second kappa shape index (κ2) is 3.84. The third-order valence-corrected chi connectivity index (χ3v) is 3.61. The Balaban J connectivity index is 1.98. The van der Waals surface area contributed by atoms with Crippen molar-refractivity contribution >= 4 is 10.8 Å². The van der Waals surface area contributed by atoms with Gasteiger partial charge in [0.2, 0.25) is 0 Å². The standard InChI is InChI=1S/C17H12O2/c18-17-13-7-3-4-8-15(13)19-16-10-12-6-2-1-5-11(12)9-14(16)17/h1-10,17-18H. The fourth-order valence-corrected chi connectivity index (χ4v) is 2.62. The predicted octanol–water partition coefficient (Wildman–Crippen LogP) is 4.03. The molecule has 4 rings (SSSR count). The molecule has 0 amide bonds. The number of para-hydroxylation sites is 1. The Hall–Kier alpha value is -2.32. The molecule has 3 aromatic carbocycles. The van der Waals surface area contributed by atoms with Crippen molar-refractivity contribution in [3.05, 3.63) is 71.8 Å². The summed E-state index contributed by atoms with van der Waals surface area (Å²) in [5.74, 6) is 1.47. The molecule has 2 nitrogen and oxygen atoms in total. The highest BCUT2D eigenvalue weighted by Gasteiger charge is 2.25. The molecule has 0 fully saturated rings. The summed E-state index contributed by atoms with van der Waals surface area (Å²) in [5, 5.41) is 12.7. The molecule has 1 aliphatic heterocycles. The second-order valence-corrected chi connectivity index (χ2v) is 4.78. The van der Waals surface area contributed by atoms with Crippen LogP contribution < -0.4 is 4.74 Å². The number of benzene rings is 3. The van der Waals surface area contributed by atoms with Crippen LogP contribution in [0.3, 0.4) is 0 Å². The van der Waals surface area contributed by atoms with Crippen LogP contribution in [-0.2, 0) is 0 Å². The van der Waals surface area contributed by atoms with E-state index < -0.39 is 6.10 Å². The summed E-state index contributed by atoms with van der Waals surface area (Å²) >= 11 is 0. The van der Waals surface area contributed by atoms with Gasteiger partial charge in [-0.3, -0.25) is 0 Å². The molecule has 0 aromatic heterocycles. The maximum Gasteiger partial charge on any atom is 0.134 e. The molecule has 0 aliphatic carbocycles. The Labute approximate surface area is 110 Å². The molecule has 92 valence electrons. The Morgan fingerprint density at radius 2 is 1.42 bits per heavy atom. The zero-order chi connectivity index (χ0) is 12.8. The number of hydrogen-bond acceptors (Lipinski definition) is 2. The van der Waals surface area contributed by atoms with E-state index in [0.717, 1.165) is 33.4 Å². The van der Waals surface area contributed by atoms with Gasteiger partial charge in [-0.05, 0) is 29.0 Å². The van der Waals surface area contributed by atoms with E-state index in [0.29, 0.717) is 0 Å². The minimum absolute atomic E-state index is 0.621. The molecule has 2 heteroatoms. The molecular formula is C17H12O2. The van der Waals surface area contributed by atoms with E-state index in [1.807, 2.05) is 60.7 Å². The number of fused-ring (bicyclic) bond motifs is 3. The average molecular weight is 248 g/mol. The first-order valence-electron chi connectivity index (χ1n) is 6.30. The maximum atomic E-state index is 10.5. The molecule has 1 atom stereocenters. The Morgan fingerprint density at radius 3 is 2.26 bits per heavy atom. The lowest BCUT2D eigenvalue weighted by Gasteiger charge is -2.25. The van der Waals surface area contributed by atoms with Crippen LogP contribution in [0.4, 0.5) is 0 Å². The smallest absolute Gasteiger partial charge is 0.134 e. The first-order chi connectivity index (χ1) is 9.33. The highest BCUT2D eigenvalue weighted by molar-refractivity contribution is 5.85. The van der Waals surface area contributed by atoms with E-state index in [4.69, 9.17) is 4.74 Å². The zero-order valence-electron chi connectivity index (χ0n) is 10.2. The van der Waals surface area contributed by atoms with Gasteiger partial charge < -0.3 is 9.84 Å². The summed E-state index contributed by atoms with van der Waals surface area (Å²) in [6.07, 6.45) is -0.621. The Kier molecular flexibility index (Phi) is 2.14. The average Bonchev–Trinajstić information content (AvgIpc) is 2.46. The molecule has 19 heavy (non-hydrogen) atoms. The zero-order valence-corrected chi connectivity index (χ0v) is 10.2. The minimum Gasteiger partial charge on any atom is -0.457 e. The van der Waals surface area contributed by atoms with E-state index in [2.05, 4.69) is 0 Å². The van der Waals surface area contributed by atoms with Gasteiger partial charge in [-0.15, -0.1) is 0 Å². The molecule has 3 aromatic rings. The van der Waals surface area contributed by atoms with Crippen LogP contribution in [0.2, 0.25) is 0 Å². The van der Waals surface area contributed by atoms with Gasteiger partial charge in [-0.25, -0.2) is 0 Å². The first-order valence-corrected chi connectivity index (χ1v) is 6.30. The van der Waals surface area contributed by atoms with Crippen LogP contribution in [-0.4, -0.2) is 5.11 Å². The van der Waals surface area contributed by atoms with Gasteiger partial charge in [0, 0.05) is 11.1 Å². The topological polar surface area (TPSA) is 29.5 Å². The van der Waals surface area contributed by atoms with E-state index in [1.165, 1.54) is 0 Å². The van der Waals surface area contributed by atoms with Crippen LogP contribution >= 0.6 is 0 Å². The highest BCUT2D eigenvalue weighted by atomic mass is 16.5. The maximum absolute atomic E-state index is 10.5. The second-order valence-electron chi connectivity index (χ2n) is 4.78. The van der Waals surface area contributed by atoms with Gasteiger partial charge in [0.05, 0.1) is 0 Å². The van der Waals surface area contributed by atoms with Crippen molar-refractivity contribution in [1.29, 1.82) is 0 Å². The number of aliphatic hydroxyl groups excluding tert-OH is 1. The van der Waals surface area contributed by atoms with Gasteiger partial charge in [0.15, 0.2) is 0 Å². The fraction of sp³-hybridized carbons (Fsp3) is 0.0588. The van der Waals surface area contributed by atoms with Crippen molar-refractivity contribution in [2.45, 2.75) is 6.10 Å². The minimum atomic E-state index is -0.621. The normalized spacial score (nSPS) is 16.6. The molecule has 0 radical (unpaired) electrons. The third kappa shape index (κ3) is 1.54. The lowest BCUT2D eigenvalue weighted by atomic mass is 9.95. The molecule has 0 saturated carbocycles. The van der Waals surface area contributed by atoms with Crippen LogP contribution in [0.15, 0.2) is 60.7 Å². The number of aliphatic hydroxyl groups is 1. The summed E-state index contributed by atoms with van der Waals surface area (Å²) in [6.45, 7) is 0. The van der Waals surface area contributed by atoms with Crippen molar-refractivity contribution in [1.82, 2.24) is 0 Å². The highest BCUT2D eigenvalue weighted by Crippen LogP contribution is 2.44. The molecule has 0 bridgehead atoms. The van der Waals surface area contributed by atoms with E-state index in [9.17, 15) is 5.11 Å². The Bertz CT molecular complexity index is 777. The number of hydrogen-bond donors (Lipinski definition) is 1. The summed E-state index contributed by atoms with van der Waals surface area (Å²) in [7, 11) is 0. The van der Waals surface area contributed by atoms with Gasteiger partial charge >= 0.3 is 0 Å². The van der Waals surface area contributed by atoms with Gasteiger partial charge in [0.25, 0.3) is 0 Å². The lowest BCUT2D eigenvalue weighted by molar-refractivity contribution is 0.203. The van der Waals surface area contributed by atoms with Crippen LogP contribution in [0, 0.1) is 0 Å². The van der Waals surface area contributed by atoms with Crippen LogP contribution in [0.1, 0.15) is 17.2 Å². The molecule has 1 aliphatic rings. The molecular weight excluding hydrogens is 236 g/mol. The summed E-state index contributed by atoms with van der Waals surface area (Å²) in [6, 6.07) is 19.7. The van der Waals surface area contributed by atoms with Gasteiger partial charge in [0.1, 0.15) is 17.6 Å². The van der Waals surface area contributed by atoms with Crippen molar-refractivity contribution in [3.8, 4) is 11.5 Å². The molecule has 1 N–H and O–H groups in total. The largest absolute Gasteiger partial charge is 0.457 e. The fourth-order valence-electron chi connectivity index (χ4n) is 2.62. The van der Waals surface area contributed by atoms with E-state index >= 15 is 0 Å². The molecule has 0 spiro atoms. The number of ether oxygens (including phenoxy) is 1. The molecule has 1 heterocycles. The predicted molar refractivity (Wildman–Crippen MR) is 74.5 cm³/mol. The van der Waals surface area contributed by atoms with Gasteiger partial charge in [-0.2, -0.15) is 0 Å². The first kappa shape index (κ1) is 10.6. The molecule has 1 unspecified atom stereocenters. The van der Waals surface area contributed by atoms with Crippen LogP contribution in [0.25, 0.3) is 10.8 Å². The SMILES string of the molecule is OC1c2ccccc2Oc2cc3ccccc3cc21. The van der Waals surface area contributed by atoms with Gasteiger partial charge in [-0.1, -0.05) is 42.5 Å². The van der Waals surface area contributed by atoms with E-state index in [-0.39, 0.29) is 0 Å². The number of rotatable bonds is 0. The quantitative estimate of drug-likeness (QED) is 0.651. The lowest BCUT2D eigenvalue weighted by Crippen LogP contribution is -2.09. The monoisotopic (exact) mass is 248 g/mol. The van der Waals surface area contributed by atoms with Crippen molar-refractivity contribution < 1.29 is 9.84 Å². The molecule has 0 saturated heterocycles. The van der Waals surface area contributed by atoms with Crippen molar-refractivity contribution in [3.63, 3.8) is 0 Å². The van der Waals surface area contributed by atoms with Crippen LogP contribution in [0.5, 0.6) is 11.5 Å². The summed E-state index contributed by atoms with van der Waals surface area (Å²) < 4.78 is 5.90. The Morgan fingerprint density at radius 1 is 0.737 bits per heavy atom. The van der Waals surface area contributed by atoms with E-state index in [1.54, 1.807) is 0 Å².